The van der Waals surface area contributed by atoms with Gasteiger partial charge in [0, 0.05) is 6.04 Å². The first-order chi connectivity index (χ1) is 9.79. The normalized spacial score (nSPS) is 17.7. The maximum atomic E-state index is 13.7. The molecule has 0 aliphatic heterocycles. The SMILES string of the molecule is CC(NC(=O)c1cc(S(N)(=O)=O)ccc1F)C1CCCC1. The van der Waals surface area contributed by atoms with Gasteiger partial charge in [-0.1, -0.05) is 12.8 Å². The van der Waals surface area contributed by atoms with E-state index in [1.165, 1.54) is 0 Å². The lowest BCUT2D eigenvalue weighted by Crippen LogP contribution is -2.37. The zero-order chi connectivity index (χ0) is 15.6. The summed E-state index contributed by atoms with van der Waals surface area (Å²) in [5.74, 6) is -0.991. The number of benzene rings is 1. The summed E-state index contributed by atoms with van der Waals surface area (Å²) in [4.78, 5) is 11.8. The van der Waals surface area contributed by atoms with Gasteiger partial charge in [0.2, 0.25) is 10.0 Å². The fourth-order valence-electron chi connectivity index (χ4n) is 2.72. The number of amides is 1. The van der Waals surface area contributed by atoms with E-state index in [1.807, 2.05) is 6.92 Å². The molecule has 5 nitrogen and oxygen atoms in total. The summed E-state index contributed by atoms with van der Waals surface area (Å²) in [6.45, 7) is 1.88. The van der Waals surface area contributed by atoms with Crippen molar-refractivity contribution >= 4 is 15.9 Å². The van der Waals surface area contributed by atoms with Gasteiger partial charge in [-0.05, 0) is 43.9 Å². The van der Waals surface area contributed by atoms with Crippen LogP contribution in [0.5, 0.6) is 0 Å². The quantitative estimate of drug-likeness (QED) is 0.887. The number of halogens is 1. The van der Waals surface area contributed by atoms with Crippen LogP contribution in [0.3, 0.4) is 0 Å². The molecule has 1 aromatic carbocycles. The van der Waals surface area contributed by atoms with E-state index in [1.54, 1.807) is 0 Å². The van der Waals surface area contributed by atoms with Crippen LogP contribution in [0.25, 0.3) is 0 Å². The average molecular weight is 314 g/mol. The molecule has 0 saturated heterocycles. The molecule has 1 aliphatic rings. The fraction of sp³-hybridized carbons (Fsp3) is 0.500. The van der Waals surface area contributed by atoms with E-state index in [2.05, 4.69) is 5.32 Å². The molecule has 2 rings (SSSR count). The minimum Gasteiger partial charge on any atom is -0.349 e. The second-order valence-electron chi connectivity index (χ2n) is 5.49. The number of sulfonamides is 1. The van der Waals surface area contributed by atoms with Crippen molar-refractivity contribution in [2.45, 2.75) is 43.5 Å². The van der Waals surface area contributed by atoms with Crippen LogP contribution in [-0.2, 0) is 10.0 Å². The molecule has 1 unspecified atom stereocenters. The summed E-state index contributed by atoms with van der Waals surface area (Å²) < 4.78 is 36.3. The summed E-state index contributed by atoms with van der Waals surface area (Å²) in [6, 6.07) is 2.88. The molecular formula is C14H19FN2O3S. The van der Waals surface area contributed by atoms with Gasteiger partial charge in [-0.2, -0.15) is 0 Å². The number of primary sulfonamides is 1. The highest BCUT2D eigenvalue weighted by Gasteiger charge is 2.24. The van der Waals surface area contributed by atoms with Gasteiger partial charge in [0.15, 0.2) is 0 Å². The Morgan fingerprint density at radius 1 is 1.38 bits per heavy atom. The van der Waals surface area contributed by atoms with Crippen molar-refractivity contribution in [1.29, 1.82) is 0 Å². The van der Waals surface area contributed by atoms with E-state index < -0.39 is 21.7 Å². The van der Waals surface area contributed by atoms with Crippen molar-refractivity contribution in [3.05, 3.63) is 29.6 Å². The van der Waals surface area contributed by atoms with E-state index >= 15 is 0 Å². The third kappa shape index (κ3) is 3.79. The monoisotopic (exact) mass is 314 g/mol. The first kappa shape index (κ1) is 15.9. The molecule has 1 aliphatic carbocycles. The van der Waals surface area contributed by atoms with Gasteiger partial charge in [-0.15, -0.1) is 0 Å². The second kappa shape index (κ2) is 6.11. The van der Waals surface area contributed by atoms with Crippen LogP contribution in [-0.4, -0.2) is 20.4 Å². The van der Waals surface area contributed by atoms with Gasteiger partial charge in [0.1, 0.15) is 5.82 Å². The molecule has 7 heteroatoms. The molecule has 1 atom stereocenters. The van der Waals surface area contributed by atoms with Gasteiger partial charge in [-0.25, -0.2) is 17.9 Å². The van der Waals surface area contributed by atoms with Gasteiger partial charge in [-0.3, -0.25) is 4.79 Å². The van der Waals surface area contributed by atoms with Gasteiger partial charge >= 0.3 is 0 Å². The van der Waals surface area contributed by atoms with E-state index in [4.69, 9.17) is 5.14 Å². The molecular weight excluding hydrogens is 295 g/mol. The van der Waals surface area contributed by atoms with Crippen LogP contribution in [0, 0.1) is 11.7 Å². The highest BCUT2D eigenvalue weighted by atomic mass is 32.2. The maximum Gasteiger partial charge on any atom is 0.254 e. The predicted octanol–water partition coefficient (Wildman–Crippen LogP) is 1.78. The third-order valence-electron chi connectivity index (χ3n) is 3.98. The van der Waals surface area contributed by atoms with Crippen molar-refractivity contribution in [2.75, 3.05) is 0 Å². The number of hydrogen-bond donors (Lipinski definition) is 2. The number of hydrogen-bond acceptors (Lipinski definition) is 3. The Morgan fingerprint density at radius 3 is 2.57 bits per heavy atom. The molecule has 116 valence electrons. The summed E-state index contributed by atoms with van der Waals surface area (Å²) in [6.07, 6.45) is 4.36. The Hall–Kier alpha value is -1.47. The lowest BCUT2D eigenvalue weighted by atomic mass is 9.99. The highest BCUT2D eigenvalue weighted by Crippen LogP contribution is 2.27. The minimum atomic E-state index is -3.97. The van der Waals surface area contributed by atoms with Crippen LogP contribution in [0.2, 0.25) is 0 Å². The van der Waals surface area contributed by atoms with Crippen molar-refractivity contribution in [1.82, 2.24) is 5.32 Å². The number of carbonyl (C=O) groups is 1. The van der Waals surface area contributed by atoms with Gasteiger partial charge in [0.25, 0.3) is 5.91 Å². The van der Waals surface area contributed by atoms with Crippen LogP contribution >= 0.6 is 0 Å². The molecule has 1 saturated carbocycles. The Kier molecular flexibility index (Phi) is 4.63. The molecule has 0 spiro atoms. The lowest BCUT2D eigenvalue weighted by Gasteiger charge is -2.20. The van der Waals surface area contributed by atoms with Crippen molar-refractivity contribution in [3.8, 4) is 0 Å². The Labute approximate surface area is 123 Å². The Bertz CT molecular complexity index is 640. The standard InChI is InChI=1S/C14H19FN2O3S/c1-9(10-4-2-3-5-10)17-14(18)12-8-11(21(16,19)20)6-7-13(12)15/h6-10H,2-5H2,1H3,(H,17,18)(H2,16,19,20). The number of nitrogens with one attached hydrogen (secondary N) is 1. The lowest BCUT2D eigenvalue weighted by molar-refractivity contribution is 0.0923. The summed E-state index contributed by atoms with van der Waals surface area (Å²) in [5.41, 5.74) is -0.300. The van der Waals surface area contributed by atoms with Gasteiger partial charge in [0.05, 0.1) is 10.5 Å². The predicted molar refractivity (Wildman–Crippen MR) is 76.7 cm³/mol. The number of nitrogens with two attached hydrogens (primary N) is 1. The molecule has 0 radical (unpaired) electrons. The smallest absolute Gasteiger partial charge is 0.254 e. The first-order valence-corrected chi connectivity index (χ1v) is 8.47. The van der Waals surface area contributed by atoms with E-state index in [-0.39, 0.29) is 16.5 Å². The number of carbonyl (C=O) groups excluding carboxylic acids is 1. The molecule has 1 aromatic rings. The van der Waals surface area contributed by atoms with Crippen molar-refractivity contribution in [2.24, 2.45) is 11.1 Å². The molecule has 21 heavy (non-hydrogen) atoms. The Morgan fingerprint density at radius 2 is 2.00 bits per heavy atom. The van der Waals surface area contributed by atoms with Crippen molar-refractivity contribution < 1.29 is 17.6 Å². The fourth-order valence-corrected chi connectivity index (χ4v) is 3.25. The highest BCUT2D eigenvalue weighted by molar-refractivity contribution is 7.89. The third-order valence-corrected chi connectivity index (χ3v) is 4.89. The Balaban J connectivity index is 2.18. The second-order valence-corrected chi connectivity index (χ2v) is 7.05. The topological polar surface area (TPSA) is 89.3 Å². The zero-order valence-electron chi connectivity index (χ0n) is 11.8. The van der Waals surface area contributed by atoms with Crippen LogP contribution in [0.1, 0.15) is 43.0 Å². The molecule has 1 amide bonds. The number of rotatable bonds is 4. The minimum absolute atomic E-state index is 0.0717. The maximum absolute atomic E-state index is 13.7. The summed E-state index contributed by atoms with van der Waals surface area (Å²) in [7, 11) is -3.97. The van der Waals surface area contributed by atoms with E-state index in [0.29, 0.717) is 5.92 Å². The molecule has 3 N–H and O–H groups in total. The van der Waals surface area contributed by atoms with Crippen LogP contribution < -0.4 is 10.5 Å². The van der Waals surface area contributed by atoms with Crippen molar-refractivity contribution in [3.63, 3.8) is 0 Å². The first-order valence-electron chi connectivity index (χ1n) is 6.92. The molecule has 0 heterocycles. The van der Waals surface area contributed by atoms with Gasteiger partial charge < -0.3 is 5.32 Å². The molecule has 1 fully saturated rings. The van der Waals surface area contributed by atoms with E-state index in [9.17, 15) is 17.6 Å². The molecule has 0 bridgehead atoms. The largest absolute Gasteiger partial charge is 0.349 e. The summed E-state index contributed by atoms with van der Waals surface area (Å²) in [5, 5.41) is 7.74. The van der Waals surface area contributed by atoms with Crippen LogP contribution in [0.15, 0.2) is 23.1 Å². The summed E-state index contributed by atoms with van der Waals surface area (Å²) >= 11 is 0. The zero-order valence-corrected chi connectivity index (χ0v) is 12.6. The average Bonchev–Trinajstić information content (AvgIpc) is 2.91. The van der Waals surface area contributed by atoms with Crippen LogP contribution in [0.4, 0.5) is 4.39 Å². The molecule has 0 aromatic heterocycles. The van der Waals surface area contributed by atoms with E-state index in [0.717, 1.165) is 43.9 Å².